The minimum absolute atomic E-state index is 0.138. The van der Waals surface area contributed by atoms with Gasteiger partial charge >= 0.3 is 0 Å². The molecule has 1 aromatic rings. The van der Waals surface area contributed by atoms with Crippen molar-refractivity contribution in [2.24, 2.45) is 5.92 Å². The summed E-state index contributed by atoms with van der Waals surface area (Å²) in [5.74, 6) is 0.366. The molecule has 1 aliphatic carbocycles. The number of nitrogens with one attached hydrogen (secondary N) is 1. The maximum Gasteiger partial charge on any atom is 0.201 e. The third-order valence-corrected chi connectivity index (χ3v) is 7.69. The van der Waals surface area contributed by atoms with E-state index in [0.717, 1.165) is 31.2 Å². The molecule has 2 rings (SSSR count). The van der Waals surface area contributed by atoms with Crippen molar-refractivity contribution in [3.63, 3.8) is 0 Å². The highest BCUT2D eigenvalue weighted by Gasteiger charge is 2.26. The van der Waals surface area contributed by atoms with E-state index in [2.05, 4.69) is 5.32 Å². The number of rotatable bonds is 8. The zero-order valence-electron chi connectivity index (χ0n) is 14.6. The van der Waals surface area contributed by atoms with E-state index in [9.17, 15) is 14.6 Å². The third-order valence-electron chi connectivity index (χ3n) is 4.91. The van der Waals surface area contributed by atoms with Crippen LogP contribution in [0.3, 0.4) is 0 Å². The molecule has 0 aliphatic heterocycles. The first-order chi connectivity index (χ1) is 11.8. The first-order valence-electron chi connectivity index (χ1n) is 8.97. The van der Waals surface area contributed by atoms with Gasteiger partial charge < -0.3 is 10.00 Å². The molecule has 0 aromatic heterocycles. The molecule has 0 heterocycles. The molecule has 0 saturated heterocycles. The van der Waals surface area contributed by atoms with Gasteiger partial charge in [-0.3, -0.25) is 9.88 Å². The Morgan fingerprint density at radius 3 is 2.56 bits per heavy atom. The smallest absolute Gasteiger partial charge is 0.201 e. The lowest BCUT2D eigenvalue weighted by atomic mass is 9.91. The van der Waals surface area contributed by atoms with Crippen LogP contribution in [0.25, 0.3) is 0 Å². The van der Waals surface area contributed by atoms with E-state index >= 15 is 0 Å². The number of benzene rings is 1. The second-order valence-corrected chi connectivity index (χ2v) is 10.4. The van der Waals surface area contributed by atoms with Gasteiger partial charge in [0.15, 0.2) is 0 Å². The van der Waals surface area contributed by atoms with Crippen LogP contribution in [-0.2, 0) is 4.57 Å². The molecule has 1 fully saturated rings. The van der Waals surface area contributed by atoms with E-state index < -0.39 is 13.6 Å². The Morgan fingerprint density at radius 1 is 1.24 bits per heavy atom. The molecule has 3 unspecified atom stereocenters. The average molecular weight is 408 g/mol. The molecule has 3 atom stereocenters. The van der Waals surface area contributed by atoms with Crippen LogP contribution in [0.1, 0.15) is 57.1 Å². The van der Waals surface area contributed by atoms with Gasteiger partial charge in [0.1, 0.15) is 6.23 Å². The average Bonchev–Trinajstić information content (AvgIpc) is 2.56. The van der Waals surface area contributed by atoms with E-state index in [-0.39, 0.29) is 18.6 Å². The molecule has 7 heteroatoms. The Hall–Kier alpha value is -0.0900. The molecule has 0 amide bonds. The summed E-state index contributed by atoms with van der Waals surface area (Å²) in [7, 11) is -3.18. The van der Waals surface area contributed by atoms with Crippen molar-refractivity contribution in [2.45, 2.75) is 57.7 Å². The first kappa shape index (κ1) is 21.2. The standard InChI is InChI=1S/C18H28Cl2NO3P/c1-13(15-7-8-16(19)17(20)11-15)21-18(22)9-10-25(23,24)12-14-5-3-2-4-6-14/h7-8,11,13-14,18,21-22H,2-6,9-10,12H2,1H3,(H,23,24). The maximum absolute atomic E-state index is 12.4. The lowest BCUT2D eigenvalue weighted by molar-refractivity contribution is 0.120. The first-order valence-corrected chi connectivity index (χ1v) is 11.8. The van der Waals surface area contributed by atoms with Gasteiger partial charge in [-0.25, -0.2) is 0 Å². The highest BCUT2D eigenvalue weighted by Crippen LogP contribution is 2.46. The van der Waals surface area contributed by atoms with Crippen molar-refractivity contribution in [3.8, 4) is 0 Å². The monoisotopic (exact) mass is 407 g/mol. The summed E-state index contributed by atoms with van der Waals surface area (Å²) < 4.78 is 12.4. The van der Waals surface area contributed by atoms with Crippen LogP contribution >= 0.6 is 30.6 Å². The highest BCUT2D eigenvalue weighted by atomic mass is 35.5. The van der Waals surface area contributed by atoms with Crippen molar-refractivity contribution in [1.82, 2.24) is 5.32 Å². The predicted octanol–water partition coefficient (Wildman–Crippen LogP) is 5.20. The van der Waals surface area contributed by atoms with Crippen molar-refractivity contribution >= 4 is 30.6 Å². The molecule has 1 aromatic carbocycles. The van der Waals surface area contributed by atoms with Gasteiger partial charge in [0.25, 0.3) is 0 Å². The summed E-state index contributed by atoms with van der Waals surface area (Å²) in [6, 6.07) is 5.18. The zero-order chi connectivity index (χ0) is 18.4. The predicted molar refractivity (Wildman–Crippen MR) is 105 cm³/mol. The molecule has 3 N–H and O–H groups in total. The largest absolute Gasteiger partial charge is 0.379 e. The minimum Gasteiger partial charge on any atom is -0.379 e. The third kappa shape index (κ3) is 7.21. The topological polar surface area (TPSA) is 69.6 Å². The molecule has 1 aliphatic rings. The quantitative estimate of drug-likeness (QED) is 0.408. The van der Waals surface area contributed by atoms with Gasteiger partial charge in [-0.15, -0.1) is 0 Å². The molecule has 4 nitrogen and oxygen atoms in total. The summed E-state index contributed by atoms with van der Waals surface area (Å²) in [5.41, 5.74) is 0.905. The molecule has 0 radical (unpaired) electrons. The Bertz CT molecular complexity index is 608. The van der Waals surface area contributed by atoms with Crippen molar-refractivity contribution in [3.05, 3.63) is 33.8 Å². The lowest BCUT2D eigenvalue weighted by Crippen LogP contribution is -2.32. The molecule has 1 saturated carbocycles. The van der Waals surface area contributed by atoms with E-state index in [4.69, 9.17) is 23.2 Å². The van der Waals surface area contributed by atoms with E-state index in [1.165, 1.54) is 6.42 Å². The fraction of sp³-hybridized carbons (Fsp3) is 0.667. The van der Waals surface area contributed by atoms with E-state index in [1.807, 2.05) is 13.0 Å². The van der Waals surface area contributed by atoms with Crippen LogP contribution in [0.2, 0.25) is 10.0 Å². The molecule has 0 spiro atoms. The summed E-state index contributed by atoms with van der Waals surface area (Å²) in [4.78, 5) is 10.2. The van der Waals surface area contributed by atoms with Crippen LogP contribution in [-0.4, -0.2) is 28.6 Å². The van der Waals surface area contributed by atoms with E-state index in [0.29, 0.717) is 22.1 Å². The highest BCUT2D eigenvalue weighted by molar-refractivity contribution is 7.58. The fourth-order valence-corrected chi connectivity index (χ4v) is 5.75. The number of aliphatic hydroxyl groups excluding tert-OH is 1. The number of hydrogen-bond acceptors (Lipinski definition) is 3. The van der Waals surface area contributed by atoms with Crippen LogP contribution in [0.4, 0.5) is 0 Å². The lowest BCUT2D eigenvalue weighted by Gasteiger charge is -2.25. The van der Waals surface area contributed by atoms with Crippen molar-refractivity contribution in [1.29, 1.82) is 0 Å². The Labute approximate surface area is 160 Å². The molecular formula is C18H28Cl2NO3P. The van der Waals surface area contributed by atoms with Crippen LogP contribution < -0.4 is 5.32 Å². The molecular weight excluding hydrogens is 380 g/mol. The van der Waals surface area contributed by atoms with Crippen LogP contribution in [0.5, 0.6) is 0 Å². The second kappa shape index (κ2) is 9.73. The van der Waals surface area contributed by atoms with Crippen LogP contribution in [0.15, 0.2) is 18.2 Å². The van der Waals surface area contributed by atoms with Gasteiger partial charge in [-0.2, -0.15) is 0 Å². The Balaban J connectivity index is 1.79. The number of halogens is 2. The van der Waals surface area contributed by atoms with Gasteiger partial charge in [-0.05, 0) is 49.8 Å². The number of aliphatic hydroxyl groups is 1. The molecule has 142 valence electrons. The summed E-state index contributed by atoms with van der Waals surface area (Å²) in [6.07, 6.45) is 5.63. The van der Waals surface area contributed by atoms with Gasteiger partial charge in [0.05, 0.1) is 10.0 Å². The summed E-state index contributed by atoms with van der Waals surface area (Å²) >= 11 is 11.9. The van der Waals surface area contributed by atoms with Gasteiger partial charge in [0, 0.05) is 18.4 Å². The zero-order valence-corrected chi connectivity index (χ0v) is 17.0. The van der Waals surface area contributed by atoms with Crippen molar-refractivity contribution < 1.29 is 14.6 Å². The van der Waals surface area contributed by atoms with Gasteiger partial charge in [-0.1, -0.05) is 48.5 Å². The summed E-state index contributed by atoms with van der Waals surface area (Å²) in [6.45, 7) is 1.91. The minimum atomic E-state index is -3.18. The SMILES string of the molecule is CC(NC(O)CCP(=O)(O)CC1CCCCC1)c1ccc(Cl)c(Cl)c1. The van der Waals surface area contributed by atoms with E-state index in [1.54, 1.807) is 12.1 Å². The second-order valence-electron chi connectivity index (χ2n) is 7.12. The van der Waals surface area contributed by atoms with Crippen molar-refractivity contribution in [2.75, 3.05) is 12.3 Å². The van der Waals surface area contributed by atoms with Crippen LogP contribution in [0, 0.1) is 5.92 Å². The van der Waals surface area contributed by atoms with Gasteiger partial charge in [0.2, 0.25) is 7.37 Å². The Kier molecular flexibility index (Phi) is 8.26. The molecule has 25 heavy (non-hydrogen) atoms. The fourth-order valence-electron chi connectivity index (χ4n) is 3.44. The normalized spacial score (nSPS) is 20.8. The maximum atomic E-state index is 12.4. The Morgan fingerprint density at radius 2 is 1.92 bits per heavy atom. The number of hydrogen-bond donors (Lipinski definition) is 3. The summed E-state index contributed by atoms with van der Waals surface area (Å²) in [5, 5.41) is 14.2. The molecule has 0 bridgehead atoms.